The molecule has 1 heterocycles. The number of rotatable bonds is 11. The average Bonchev–Trinajstić information content (AvgIpc) is 3.13. The van der Waals surface area contributed by atoms with Gasteiger partial charge in [-0.2, -0.15) is 0 Å². The summed E-state index contributed by atoms with van der Waals surface area (Å²) in [6.45, 7) is 9.13. The number of hydrogen-bond donors (Lipinski definition) is 0. The monoisotopic (exact) mass is 448 g/mol. The molecule has 0 fully saturated rings. The van der Waals surface area contributed by atoms with E-state index in [0.717, 1.165) is 5.76 Å². The summed E-state index contributed by atoms with van der Waals surface area (Å²) < 4.78 is 12.4. The standard InChI is InChI=1S/C11H9O.3C4H9.Sn/c1-9-4-6-10(7-5-9)11-3-2-8-12-11;3*1-3-4-2;/h2-7H,1H3;3*1,3-4H2,2H3;. The summed E-state index contributed by atoms with van der Waals surface area (Å²) in [5.74, 6) is 1.07. The Morgan fingerprint density at radius 3 is 1.72 bits per heavy atom. The van der Waals surface area contributed by atoms with Crippen molar-refractivity contribution in [2.24, 2.45) is 0 Å². The molecule has 1 nitrogen and oxygen atoms in total. The minimum atomic E-state index is -2.42. The van der Waals surface area contributed by atoms with Gasteiger partial charge in [-0.3, -0.25) is 0 Å². The Labute approximate surface area is 159 Å². The van der Waals surface area contributed by atoms with E-state index in [1.807, 2.05) is 0 Å². The van der Waals surface area contributed by atoms with Gasteiger partial charge < -0.3 is 0 Å². The quantitative estimate of drug-likeness (QED) is 0.329. The van der Waals surface area contributed by atoms with Gasteiger partial charge in [-0.15, -0.1) is 0 Å². The van der Waals surface area contributed by atoms with Gasteiger partial charge in [0.15, 0.2) is 0 Å². The van der Waals surface area contributed by atoms with Crippen LogP contribution in [0.15, 0.2) is 40.8 Å². The fourth-order valence-corrected chi connectivity index (χ4v) is 19.0. The third-order valence-electron chi connectivity index (χ3n) is 5.49. The summed E-state index contributed by atoms with van der Waals surface area (Å²) in [7, 11) is 0. The minimum absolute atomic E-state index is 1.07. The van der Waals surface area contributed by atoms with Gasteiger partial charge in [0.25, 0.3) is 0 Å². The van der Waals surface area contributed by atoms with E-state index in [-0.39, 0.29) is 0 Å². The molecular weight excluding hydrogens is 411 g/mol. The van der Waals surface area contributed by atoms with Crippen LogP contribution in [0, 0.1) is 6.92 Å². The summed E-state index contributed by atoms with van der Waals surface area (Å²) in [5, 5.41) is 0. The molecule has 0 aliphatic heterocycles. The molecule has 0 N–H and O–H groups in total. The van der Waals surface area contributed by atoms with Crippen molar-refractivity contribution < 1.29 is 4.42 Å². The van der Waals surface area contributed by atoms with Crippen molar-refractivity contribution >= 4 is 22.2 Å². The van der Waals surface area contributed by atoms with Crippen LogP contribution < -0.4 is 3.78 Å². The van der Waals surface area contributed by atoms with Gasteiger partial charge in [-0.1, -0.05) is 0 Å². The van der Waals surface area contributed by atoms with Crippen molar-refractivity contribution in [2.45, 2.75) is 79.5 Å². The molecule has 0 aliphatic carbocycles. The van der Waals surface area contributed by atoms with Crippen molar-refractivity contribution in [1.82, 2.24) is 0 Å². The summed E-state index contributed by atoms with van der Waals surface area (Å²) in [5.41, 5.74) is 2.52. The van der Waals surface area contributed by atoms with Crippen LogP contribution in [0.3, 0.4) is 0 Å². The first-order chi connectivity index (χ1) is 12.1. The van der Waals surface area contributed by atoms with E-state index in [0.29, 0.717) is 0 Å². The van der Waals surface area contributed by atoms with Gasteiger partial charge in [0.2, 0.25) is 0 Å². The molecule has 25 heavy (non-hydrogen) atoms. The van der Waals surface area contributed by atoms with E-state index >= 15 is 0 Å². The Morgan fingerprint density at radius 1 is 0.720 bits per heavy atom. The Balaban J connectivity index is 2.32. The van der Waals surface area contributed by atoms with E-state index in [9.17, 15) is 0 Å². The van der Waals surface area contributed by atoms with Crippen molar-refractivity contribution in [1.29, 1.82) is 0 Å². The van der Waals surface area contributed by atoms with Crippen molar-refractivity contribution in [3.63, 3.8) is 0 Å². The molecule has 0 radical (unpaired) electrons. The molecule has 0 spiro atoms. The Hall–Kier alpha value is -0.701. The van der Waals surface area contributed by atoms with Gasteiger partial charge in [0.1, 0.15) is 0 Å². The number of unbranched alkanes of at least 4 members (excludes halogenated alkanes) is 3. The normalized spacial score (nSPS) is 11.8. The van der Waals surface area contributed by atoms with Crippen LogP contribution in [-0.2, 0) is 0 Å². The third-order valence-corrected chi connectivity index (χ3v) is 20.5. The zero-order valence-electron chi connectivity index (χ0n) is 16.7. The molecule has 2 rings (SSSR count). The molecule has 138 valence electrons. The molecule has 2 heteroatoms. The molecule has 0 saturated carbocycles. The SMILES string of the molecule is CCC[CH2][Sn]([CH2]CCC)([CH2]CCC)[c]1ccc(-c2ccc(C)cc2)o1. The van der Waals surface area contributed by atoms with E-state index in [2.05, 4.69) is 64.1 Å². The molecule has 0 amide bonds. The second-order valence-corrected chi connectivity index (χ2v) is 20.6. The Bertz CT molecular complexity index is 590. The third kappa shape index (κ3) is 5.64. The second kappa shape index (κ2) is 10.4. The van der Waals surface area contributed by atoms with Crippen molar-refractivity contribution in [3.05, 3.63) is 42.0 Å². The fourth-order valence-electron chi connectivity index (χ4n) is 3.79. The molecule has 0 aliphatic rings. The first-order valence-electron chi connectivity index (χ1n) is 10.3. The number of benzene rings is 1. The molecule has 0 bridgehead atoms. The van der Waals surface area contributed by atoms with Crippen LogP contribution in [-0.4, -0.2) is 18.4 Å². The number of hydrogen-bond acceptors (Lipinski definition) is 1. The fraction of sp³-hybridized carbons (Fsp3) is 0.565. The van der Waals surface area contributed by atoms with Crippen LogP contribution in [0.25, 0.3) is 11.3 Å². The van der Waals surface area contributed by atoms with Gasteiger partial charge in [-0.05, 0) is 0 Å². The molecule has 2 aromatic rings. The maximum absolute atomic E-state index is 6.56. The summed E-state index contributed by atoms with van der Waals surface area (Å²) in [6.07, 6.45) is 8.06. The number of furan rings is 1. The van der Waals surface area contributed by atoms with Gasteiger partial charge in [0, 0.05) is 0 Å². The molecule has 0 unspecified atom stereocenters. The summed E-state index contributed by atoms with van der Waals surface area (Å²) in [4.78, 5) is 0. The first-order valence-corrected chi connectivity index (χ1v) is 17.8. The van der Waals surface area contributed by atoms with Gasteiger partial charge in [0.05, 0.1) is 0 Å². The summed E-state index contributed by atoms with van der Waals surface area (Å²) >= 11 is -2.42. The van der Waals surface area contributed by atoms with Crippen LogP contribution in [0.5, 0.6) is 0 Å². The molecule has 1 aromatic heterocycles. The second-order valence-electron chi connectivity index (χ2n) is 7.62. The first kappa shape index (κ1) is 20.6. The van der Waals surface area contributed by atoms with Crippen LogP contribution in [0.4, 0.5) is 0 Å². The van der Waals surface area contributed by atoms with Gasteiger partial charge in [-0.25, -0.2) is 0 Å². The van der Waals surface area contributed by atoms with Crippen LogP contribution in [0.2, 0.25) is 13.3 Å². The molecule has 0 saturated heterocycles. The molecular formula is C23H36OSn. The molecule has 1 aromatic carbocycles. The van der Waals surface area contributed by atoms with E-state index in [4.69, 9.17) is 4.42 Å². The maximum atomic E-state index is 6.56. The van der Waals surface area contributed by atoms with Crippen molar-refractivity contribution in [3.8, 4) is 11.3 Å². The van der Waals surface area contributed by atoms with E-state index in [1.54, 1.807) is 0 Å². The number of aryl methyl sites for hydroxylation is 1. The van der Waals surface area contributed by atoms with E-state index < -0.39 is 18.4 Å². The van der Waals surface area contributed by atoms with Crippen molar-refractivity contribution in [2.75, 3.05) is 0 Å². The topological polar surface area (TPSA) is 13.1 Å². The van der Waals surface area contributed by atoms with Gasteiger partial charge >= 0.3 is 159 Å². The zero-order valence-corrected chi connectivity index (χ0v) is 19.6. The van der Waals surface area contributed by atoms with Crippen LogP contribution in [0.1, 0.15) is 64.9 Å². The predicted molar refractivity (Wildman–Crippen MR) is 113 cm³/mol. The average molecular weight is 447 g/mol. The summed E-state index contributed by atoms with van der Waals surface area (Å²) in [6, 6.07) is 13.3. The molecule has 0 atom stereocenters. The Morgan fingerprint density at radius 2 is 1.24 bits per heavy atom. The zero-order chi connectivity index (χ0) is 18.1. The predicted octanol–water partition coefficient (Wildman–Crippen LogP) is 7.31. The Kier molecular flexibility index (Phi) is 8.61. The van der Waals surface area contributed by atoms with E-state index in [1.165, 1.54) is 66.7 Å². The van der Waals surface area contributed by atoms with Crippen LogP contribution >= 0.6 is 0 Å².